The van der Waals surface area contributed by atoms with Gasteiger partial charge in [0.25, 0.3) is 10.0 Å². The first-order valence-electron chi connectivity index (χ1n) is 8.24. The van der Waals surface area contributed by atoms with Gasteiger partial charge >= 0.3 is 0 Å². The van der Waals surface area contributed by atoms with Crippen molar-refractivity contribution in [2.24, 2.45) is 7.05 Å². The molecule has 0 radical (unpaired) electrons. The highest BCUT2D eigenvalue weighted by atomic mass is 32.2. The second-order valence-corrected chi connectivity index (χ2v) is 7.67. The average molecular weight is 395 g/mol. The summed E-state index contributed by atoms with van der Waals surface area (Å²) >= 11 is 0. The van der Waals surface area contributed by atoms with Crippen molar-refractivity contribution in [1.82, 2.24) is 14.3 Å². The molecule has 8 nitrogen and oxygen atoms in total. The molecule has 0 bridgehead atoms. The number of sulfonamides is 1. The summed E-state index contributed by atoms with van der Waals surface area (Å²) in [5.41, 5.74) is 2.60. The van der Waals surface area contributed by atoms with Crippen LogP contribution in [0.15, 0.2) is 59.6 Å². The average Bonchev–Trinajstić information content (AvgIpc) is 2.99. The summed E-state index contributed by atoms with van der Waals surface area (Å²) in [7, 11) is -2.05. The minimum Gasteiger partial charge on any atom is -0.360 e. The number of nitriles is 1. The highest BCUT2D eigenvalue weighted by Gasteiger charge is 2.15. The smallest absolute Gasteiger partial charge is 0.264 e. The Hall–Kier alpha value is -3.64. The van der Waals surface area contributed by atoms with Gasteiger partial charge in [-0.05, 0) is 36.4 Å². The van der Waals surface area contributed by atoms with Gasteiger partial charge in [-0.15, -0.1) is 0 Å². The Morgan fingerprint density at radius 2 is 1.86 bits per heavy atom. The van der Waals surface area contributed by atoms with Crippen molar-refractivity contribution < 1.29 is 13.2 Å². The lowest BCUT2D eigenvalue weighted by molar-refractivity contribution is -0.117. The van der Waals surface area contributed by atoms with E-state index in [9.17, 15) is 18.5 Å². The van der Waals surface area contributed by atoms with Crippen molar-refractivity contribution in [3.05, 3.63) is 60.6 Å². The number of fused-ring (bicyclic) bond motifs is 1. The second-order valence-electron chi connectivity index (χ2n) is 5.98. The zero-order valence-electron chi connectivity index (χ0n) is 15.2. The number of aromatic nitrogens is 2. The van der Waals surface area contributed by atoms with Crippen LogP contribution in [0.1, 0.15) is 12.7 Å². The molecule has 1 amide bonds. The SMILES string of the molecule is CC(=O)NS(=O)(=O)c1ccc(NC=C(C#N)c2nc3ccccc3n2C)cc1. The van der Waals surface area contributed by atoms with Crippen molar-refractivity contribution in [2.75, 3.05) is 5.32 Å². The Bertz CT molecular complexity index is 1220. The number of benzene rings is 2. The third kappa shape index (κ3) is 3.87. The molecule has 1 aromatic heterocycles. The van der Waals surface area contributed by atoms with Crippen molar-refractivity contribution in [2.45, 2.75) is 11.8 Å². The summed E-state index contributed by atoms with van der Waals surface area (Å²) in [5.74, 6) is -0.146. The number of para-hydroxylation sites is 2. The van der Waals surface area contributed by atoms with Crippen LogP contribution in [0.25, 0.3) is 16.6 Å². The lowest BCUT2D eigenvalue weighted by Gasteiger charge is -2.07. The number of carbonyl (C=O) groups is 1. The van der Waals surface area contributed by atoms with Gasteiger partial charge in [0.15, 0.2) is 5.82 Å². The Kier molecular flexibility index (Phi) is 5.15. The van der Waals surface area contributed by atoms with Gasteiger partial charge < -0.3 is 9.88 Å². The van der Waals surface area contributed by atoms with Crippen molar-refractivity contribution >= 4 is 38.2 Å². The van der Waals surface area contributed by atoms with Crippen molar-refractivity contribution in [3.63, 3.8) is 0 Å². The maximum Gasteiger partial charge on any atom is 0.264 e. The quantitative estimate of drug-likeness (QED) is 0.641. The van der Waals surface area contributed by atoms with Gasteiger partial charge in [0.05, 0.1) is 15.9 Å². The number of amides is 1. The number of aryl methyl sites for hydroxylation is 1. The molecule has 2 N–H and O–H groups in total. The fraction of sp³-hybridized carbons (Fsp3) is 0.105. The van der Waals surface area contributed by atoms with E-state index in [1.54, 1.807) is 0 Å². The van der Waals surface area contributed by atoms with Crippen LogP contribution in [0.2, 0.25) is 0 Å². The van der Waals surface area contributed by atoms with E-state index in [1.165, 1.54) is 30.5 Å². The number of hydrogen-bond acceptors (Lipinski definition) is 6. The van der Waals surface area contributed by atoms with Crippen LogP contribution in [-0.2, 0) is 21.9 Å². The zero-order chi connectivity index (χ0) is 20.3. The summed E-state index contributed by atoms with van der Waals surface area (Å²) in [4.78, 5) is 15.4. The molecule has 1 heterocycles. The first-order chi connectivity index (χ1) is 13.3. The van der Waals surface area contributed by atoms with E-state index < -0.39 is 15.9 Å². The van der Waals surface area contributed by atoms with E-state index in [2.05, 4.69) is 16.4 Å². The third-order valence-electron chi connectivity index (χ3n) is 3.97. The number of nitrogens with zero attached hydrogens (tertiary/aromatic N) is 3. The molecule has 2 aromatic carbocycles. The molecule has 0 aliphatic rings. The van der Waals surface area contributed by atoms with Crippen LogP contribution in [0.4, 0.5) is 5.69 Å². The Labute approximate surface area is 162 Å². The van der Waals surface area contributed by atoms with Gasteiger partial charge in [-0.2, -0.15) is 5.26 Å². The van der Waals surface area contributed by atoms with Gasteiger partial charge in [-0.25, -0.2) is 18.1 Å². The summed E-state index contributed by atoms with van der Waals surface area (Å²) in [6.45, 7) is 1.13. The van der Waals surface area contributed by atoms with Gasteiger partial charge in [0.2, 0.25) is 5.91 Å². The van der Waals surface area contributed by atoms with E-state index in [0.717, 1.165) is 18.0 Å². The van der Waals surface area contributed by atoms with Gasteiger partial charge in [-0.3, -0.25) is 4.79 Å². The molecule has 28 heavy (non-hydrogen) atoms. The van der Waals surface area contributed by atoms with E-state index in [0.29, 0.717) is 17.1 Å². The molecule has 0 unspecified atom stereocenters. The normalized spacial score (nSPS) is 11.8. The summed E-state index contributed by atoms with van der Waals surface area (Å²) in [5, 5.41) is 12.5. The monoisotopic (exact) mass is 395 g/mol. The molecular weight excluding hydrogens is 378 g/mol. The standard InChI is InChI=1S/C19H17N5O3S/c1-13(25)23-28(26,27)16-9-7-15(8-10-16)21-12-14(11-20)19-22-17-5-3-4-6-18(17)24(19)2/h3-10,12,21H,1-2H3,(H,23,25). The molecule has 0 aliphatic heterocycles. The largest absolute Gasteiger partial charge is 0.360 e. The predicted octanol–water partition coefficient (Wildman–Crippen LogP) is 2.37. The molecule has 0 atom stereocenters. The lowest BCUT2D eigenvalue weighted by Crippen LogP contribution is -2.28. The zero-order valence-corrected chi connectivity index (χ0v) is 16.0. The van der Waals surface area contributed by atoms with Crippen LogP contribution in [-0.4, -0.2) is 23.9 Å². The van der Waals surface area contributed by atoms with Crippen LogP contribution >= 0.6 is 0 Å². The number of imidazole rings is 1. The highest BCUT2D eigenvalue weighted by Crippen LogP contribution is 2.21. The molecule has 3 rings (SSSR count). The fourth-order valence-corrected chi connectivity index (χ4v) is 3.66. The van der Waals surface area contributed by atoms with E-state index in [4.69, 9.17) is 0 Å². The molecule has 9 heteroatoms. The molecule has 3 aromatic rings. The second kappa shape index (κ2) is 7.54. The van der Waals surface area contributed by atoms with Crippen molar-refractivity contribution in [1.29, 1.82) is 5.26 Å². The first-order valence-corrected chi connectivity index (χ1v) is 9.72. The third-order valence-corrected chi connectivity index (χ3v) is 5.42. The number of rotatable bonds is 5. The van der Waals surface area contributed by atoms with Gasteiger partial charge in [-0.1, -0.05) is 12.1 Å². The molecule has 0 aliphatic carbocycles. The molecule has 0 spiro atoms. The van der Waals surface area contributed by atoms with Crippen LogP contribution < -0.4 is 10.0 Å². The Balaban J connectivity index is 1.84. The minimum absolute atomic E-state index is 0.0342. The predicted molar refractivity (Wildman–Crippen MR) is 105 cm³/mol. The molecular formula is C19H17N5O3S. The van der Waals surface area contributed by atoms with Crippen LogP contribution in [0.5, 0.6) is 0 Å². The maximum atomic E-state index is 12.0. The van der Waals surface area contributed by atoms with E-state index >= 15 is 0 Å². The van der Waals surface area contributed by atoms with Crippen LogP contribution in [0.3, 0.4) is 0 Å². The Morgan fingerprint density at radius 3 is 2.46 bits per heavy atom. The minimum atomic E-state index is -3.88. The van der Waals surface area contributed by atoms with Gasteiger partial charge in [0.1, 0.15) is 11.6 Å². The number of anilines is 1. The van der Waals surface area contributed by atoms with Crippen molar-refractivity contribution in [3.8, 4) is 6.07 Å². The summed E-state index contributed by atoms with van der Waals surface area (Å²) in [6, 6.07) is 15.5. The molecule has 0 saturated heterocycles. The van der Waals surface area contributed by atoms with E-state index in [1.807, 2.05) is 40.6 Å². The summed E-state index contributed by atoms with van der Waals surface area (Å²) < 4.78 is 27.6. The van der Waals surface area contributed by atoms with Gasteiger partial charge in [0, 0.05) is 25.9 Å². The maximum absolute atomic E-state index is 12.0. The summed E-state index contributed by atoms with van der Waals surface area (Å²) in [6.07, 6.45) is 1.51. The molecule has 142 valence electrons. The topological polar surface area (TPSA) is 117 Å². The molecule has 0 saturated carbocycles. The Morgan fingerprint density at radius 1 is 1.18 bits per heavy atom. The number of nitrogens with one attached hydrogen (secondary N) is 2. The number of allylic oxidation sites excluding steroid dienone is 1. The first kappa shape index (κ1) is 19.1. The number of hydrogen-bond donors (Lipinski definition) is 2. The van der Waals surface area contributed by atoms with Crippen LogP contribution in [0, 0.1) is 11.3 Å². The fourth-order valence-electron chi connectivity index (χ4n) is 2.67. The number of carbonyl (C=O) groups excluding carboxylic acids is 1. The highest BCUT2D eigenvalue weighted by molar-refractivity contribution is 7.90. The molecule has 0 fully saturated rings. The lowest BCUT2D eigenvalue weighted by atomic mass is 10.3. The van der Waals surface area contributed by atoms with E-state index in [-0.39, 0.29) is 4.90 Å².